The number of nitrogens with zero attached hydrogens (tertiary/aromatic N) is 5. The molecule has 1 saturated heterocycles. The molecule has 0 atom stereocenters. The number of hydrogen-bond donors (Lipinski definition) is 0. The van der Waals surface area contributed by atoms with Crippen LogP contribution in [0.2, 0.25) is 0 Å². The van der Waals surface area contributed by atoms with Crippen LogP contribution in [-0.2, 0) is 19.5 Å². The molecule has 6 nitrogen and oxygen atoms in total. The van der Waals surface area contributed by atoms with Crippen molar-refractivity contribution in [2.75, 3.05) is 19.7 Å². The summed E-state index contributed by atoms with van der Waals surface area (Å²) in [6.07, 6.45) is 6.42. The number of likely N-dealkylation sites (tertiary alicyclic amines) is 1. The molecular weight excluding hydrogens is 290 g/mol. The summed E-state index contributed by atoms with van der Waals surface area (Å²) in [5.41, 5.74) is 0. The largest absolute Gasteiger partial charge is 0.477 e. The molecular formula is C17H23N5O. The lowest BCUT2D eigenvalue weighted by Crippen LogP contribution is -2.35. The molecule has 2 aromatic heterocycles. The molecule has 0 bridgehead atoms. The van der Waals surface area contributed by atoms with E-state index in [4.69, 9.17) is 4.74 Å². The van der Waals surface area contributed by atoms with Crippen molar-refractivity contribution < 1.29 is 4.74 Å². The van der Waals surface area contributed by atoms with Crippen molar-refractivity contribution in [1.29, 1.82) is 0 Å². The molecule has 2 aliphatic heterocycles. The second-order valence-electron chi connectivity index (χ2n) is 6.49. The number of fused-ring (bicyclic) bond motifs is 1. The van der Waals surface area contributed by atoms with Gasteiger partial charge in [0.15, 0.2) is 0 Å². The Morgan fingerprint density at radius 1 is 1.13 bits per heavy atom. The Morgan fingerprint density at radius 2 is 2.04 bits per heavy atom. The number of rotatable bonds is 5. The van der Waals surface area contributed by atoms with E-state index in [1.165, 1.54) is 25.1 Å². The molecule has 4 rings (SSSR count). The van der Waals surface area contributed by atoms with Crippen molar-refractivity contribution in [3.8, 4) is 5.88 Å². The summed E-state index contributed by atoms with van der Waals surface area (Å²) in [7, 11) is 0. The van der Waals surface area contributed by atoms with Crippen LogP contribution >= 0.6 is 0 Å². The summed E-state index contributed by atoms with van der Waals surface area (Å²) in [4.78, 5) is 6.70. The molecule has 0 N–H and O–H groups in total. The van der Waals surface area contributed by atoms with E-state index in [2.05, 4.69) is 24.6 Å². The van der Waals surface area contributed by atoms with Crippen LogP contribution in [0.4, 0.5) is 0 Å². The van der Waals surface area contributed by atoms with Gasteiger partial charge in [-0.05, 0) is 44.3 Å². The van der Waals surface area contributed by atoms with Gasteiger partial charge in [-0.15, -0.1) is 10.2 Å². The van der Waals surface area contributed by atoms with Crippen molar-refractivity contribution >= 4 is 0 Å². The van der Waals surface area contributed by atoms with Crippen LogP contribution < -0.4 is 4.74 Å². The summed E-state index contributed by atoms with van der Waals surface area (Å²) >= 11 is 0. The number of piperidine rings is 1. The monoisotopic (exact) mass is 313 g/mol. The van der Waals surface area contributed by atoms with Gasteiger partial charge in [0, 0.05) is 25.2 Å². The molecule has 2 aromatic rings. The summed E-state index contributed by atoms with van der Waals surface area (Å²) in [6, 6.07) is 5.79. The van der Waals surface area contributed by atoms with Crippen LogP contribution in [0.1, 0.15) is 30.9 Å². The fourth-order valence-electron chi connectivity index (χ4n) is 3.47. The lowest BCUT2D eigenvalue weighted by Gasteiger charge is -2.31. The zero-order valence-corrected chi connectivity index (χ0v) is 13.4. The van der Waals surface area contributed by atoms with E-state index in [9.17, 15) is 0 Å². The highest BCUT2D eigenvalue weighted by Crippen LogP contribution is 2.21. The van der Waals surface area contributed by atoms with Crippen molar-refractivity contribution in [2.45, 2.75) is 38.8 Å². The Balaban J connectivity index is 1.24. The molecule has 6 heteroatoms. The van der Waals surface area contributed by atoms with E-state index in [1.807, 2.05) is 18.2 Å². The topological polar surface area (TPSA) is 56.1 Å². The van der Waals surface area contributed by atoms with Gasteiger partial charge in [-0.3, -0.25) is 4.90 Å². The van der Waals surface area contributed by atoms with Gasteiger partial charge in [0.1, 0.15) is 11.6 Å². The Hall–Kier alpha value is -1.95. The minimum Gasteiger partial charge on any atom is -0.477 e. The second-order valence-corrected chi connectivity index (χ2v) is 6.49. The molecule has 122 valence electrons. The first-order valence-electron chi connectivity index (χ1n) is 8.55. The maximum atomic E-state index is 5.79. The van der Waals surface area contributed by atoms with Gasteiger partial charge in [-0.25, -0.2) is 4.98 Å². The van der Waals surface area contributed by atoms with Crippen LogP contribution in [0.5, 0.6) is 5.88 Å². The van der Waals surface area contributed by atoms with E-state index < -0.39 is 0 Å². The fraction of sp³-hybridized carbons (Fsp3) is 0.588. The quantitative estimate of drug-likeness (QED) is 0.844. The molecule has 4 heterocycles. The summed E-state index contributed by atoms with van der Waals surface area (Å²) < 4.78 is 8.09. The van der Waals surface area contributed by atoms with Crippen molar-refractivity contribution in [3.05, 3.63) is 36.0 Å². The smallest absolute Gasteiger partial charge is 0.213 e. The lowest BCUT2D eigenvalue weighted by atomic mass is 9.98. The van der Waals surface area contributed by atoms with Crippen molar-refractivity contribution in [2.24, 2.45) is 5.92 Å². The van der Waals surface area contributed by atoms with E-state index in [0.717, 1.165) is 50.9 Å². The highest BCUT2D eigenvalue weighted by atomic mass is 16.5. The molecule has 0 unspecified atom stereocenters. The molecule has 23 heavy (non-hydrogen) atoms. The minimum atomic E-state index is 0.623. The Bertz CT molecular complexity index is 634. The molecule has 0 aliphatic carbocycles. The second kappa shape index (κ2) is 6.66. The third-order valence-electron chi connectivity index (χ3n) is 4.86. The van der Waals surface area contributed by atoms with Crippen LogP contribution in [-0.4, -0.2) is 44.3 Å². The Kier molecular flexibility index (Phi) is 4.24. The molecule has 2 aliphatic rings. The SMILES string of the molecule is c1ccc(OCC2CCN(Cc3nnc4n3CCC4)CC2)nc1. The molecule has 0 spiro atoms. The lowest BCUT2D eigenvalue weighted by molar-refractivity contribution is 0.131. The van der Waals surface area contributed by atoms with Gasteiger partial charge in [-0.1, -0.05) is 6.07 Å². The average molecular weight is 313 g/mol. The molecule has 0 aromatic carbocycles. The third kappa shape index (κ3) is 3.37. The van der Waals surface area contributed by atoms with Gasteiger partial charge in [0.2, 0.25) is 5.88 Å². The molecule has 0 amide bonds. The fourth-order valence-corrected chi connectivity index (χ4v) is 3.47. The summed E-state index contributed by atoms with van der Waals surface area (Å²) in [5.74, 6) is 3.66. The van der Waals surface area contributed by atoms with E-state index >= 15 is 0 Å². The highest BCUT2D eigenvalue weighted by Gasteiger charge is 2.23. The summed E-state index contributed by atoms with van der Waals surface area (Å²) in [5, 5.41) is 8.66. The zero-order valence-electron chi connectivity index (χ0n) is 13.4. The molecule has 0 radical (unpaired) electrons. The van der Waals surface area contributed by atoms with Crippen molar-refractivity contribution in [3.63, 3.8) is 0 Å². The number of hydrogen-bond acceptors (Lipinski definition) is 5. The average Bonchev–Trinajstić information content (AvgIpc) is 3.20. The predicted molar refractivity (Wildman–Crippen MR) is 86.1 cm³/mol. The van der Waals surface area contributed by atoms with Gasteiger partial charge in [0.05, 0.1) is 13.2 Å². The molecule has 1 fully saturated rings. The number of ether oxygens (including phenoxy) is 1. The van der Waals surface area contributed by atoms with Gasteiger partial charge in [-0.2, -0.15) is 0 Å². The van der Waals surface area contributed by atoms with E-state index in [0.29, 0.717) is 5.92 Å². The zero-order chi connectivity index (χ0) is 15.5. The number of aryl methyl sites for hydroxylation is 1. The standard InChI is InChI=1S/C17H23N5O/c1-2-8-18-17(5-1)23-13-14-6-10-21(11-7-14)12-16-20-19-15-4-3-9-22(15)16/h1-2,5,8,14H,3-4,6-7,9-13H2. The van der Waals surface area contributed by atoms with E-state index in [-0.39, 0.29) is 0 Å². The maximum Gasteiger partial charge on any atom is 0.213 e. The first-order valence-corrected chi connectivity index (χ1v) is 8.55. The van der Waals surface area contributed by atoms with Crippen LogP contribution in [0.25, 0.3) is 0 Å². The normalized spacial score (nSPS) is 19.0. The van der Waals surface area contributed by atoms with Gasteiger partial charge >= 0.3 is 0 Å². The Morgan fingerprint density at radius 3 is 2.87 bits per heavy atom. The number of aromatic nitrogens is 4. The van der Waals surface area contributed by atoms with E-state index in [1.54, 1.807) is 6.20 Å². The minimum absolute atomic E-state index is 0.623. The summed E-state index contributed by atoms with van der Waals surface area (Å²) in [6.45, 7) is 5.01. The maximum absolute atomic E-state index is 5.79. The van der Waals surface area contributed by atoms with Gasteiger partial charge in [0.25, 0.3) is 0 Å². The van der Waals surface area contributed by atoms with Crippen LogP contribution in [0.3, 0.4) is 0 Å². The first kappa shape index (κ1) is 14.6. The first-order chi connectivity index (χ1) is 11.4. The van der Waals surface area contributed by atoms with Crippen LogP contribution in [0, 0.1) is 5.92 Å². The highest BCUT2D eigenvalue weighted by molar-refractivity contribution is 5.09. The Labute approximate surface area is 136 Å². The molecule has 0 saturated carbocycles. The van der Waals surface area contributed by atoms with Gasteiger partial charge < -0.3 is 9.30 Å². The number of pyridine rings is 1. The predicted octanol–water partition coefficient (Wildman–Crippen LogP) is 1.91. The van der Waals surface area contributed by atoms with Crippen molar-refractivity contribution in [1.82, 2.24) is 24.6 Å². The third-order valence-corrected chi connectivity index (χ3v) is 4.86. The van der Waals surface area contributed by atoms with Crippen LogP contribution in [0.15, 0.2) is 24.4 Å².